The SMILES string of the molecule is NC(=O)c1ccc(-c2ccc3cc(C(=O)NCC4CCNCC4)sc3c2)cc1. The van der Waals surface area contributed by atoms with Crippen LogP contribution in [0.5, 0.6) is 0 Å². The first kappa shape index (κ1) is 18.7. The topological polar surface area (TPSA) is 84.2 Å². The summed E-state index contributed by atoms with van der Waals surface area (Å²) in [4.78, 5) is 24.5. The van der Waals surface area contributed by atoms with Crippen molar-refractivity contribution in [2.24, 2.45) is 11.7 Å². The Morgan fingerprint density at radius 2 is 1.75 bits per heavy atom. The van der Waals surface area contributed by atoms with E-state index in [2.05, 4.69) is 16.7 Å². The molecule has 0 saturated carbocycles. The smallest absolute Gasteiger partial charge is 0.261 e. The summed E-state index contributed by atoms with van der Waals surface area (Å²) in [5.41, 5.74) is 7.86. The summed E-state index contributed by atoms with van der Waals surface area (Å²) in [5.74, 6) is 0.141. The highest BCUT2D eigenvalue weighted by Gasteiger charge is 2.16. The first-order chi connectivity index (χ1) is 13.6. The minimum absolute atomic E-state index is 0.00657. The molecular formula is C22H23N3O2S. The third kappa shape index (κ3) is 4.08. The standard InChI is InChI=1S/C22H23N3O2S/c23-21(26)16-3-1-15(2-4-16)17-5-6-18-12-20(28-19(18)11-17)22(27)25-13-14-7-9-24-10-8-14/h1-6,11-12,14,24H,7-10,13H2,(H2,23,26)(H,25,27). The van der Waals surface area contributed by atoms with Crippen LogP contribution in [0.4, 0.5) is 0 Å². The molecule has 5 nitrogen and oxygen atoms in total. The van der Waals surface area contributed by atoms with Crippen molar-refractivity contribution in [3.05, 3.63) is 59.0 Å². The molecule has 0 aliphatic carbocycles. The van der Waals surface area contributed by atoms with E-state index < -0.39 is 5.91 Å². The van der Waals surface area contributed by atoms with Crippen LogP contribution in [0.15, 0.2) is 48.5 Å². The summed E-state index contributed by atoms with van der Waals surface area (Å²) in [7, 11) is 0. The van der Waals surface area contributed by atoms with Crippen LogP contribution in [0.25, 0.3) is 21.2 Å². The van der Waals surface area contributed by atoms with Crippen LogP contribution in [0, 0.1) is 5.92 Å². The lowest BCUT2D eigenvalue weighted by atomic mass is 9.98. The molecule has 0 spiro atoms. The van der Waals surface area contributed by atoms with Crippen LogP contribution in [0.2, 0.25) is 0 Å². The van der Waals surface area contributed by atoms with E-state index >= 15 is 0 Å². The third-order valence-corrected chi connectivity index (χ3v) is 6.35. The lowest BCUT2D eigenvalue weighted by Crippen LogP contribution is -2.35. The van der Waals surface area contributed by atoms with Gasteiger partial charge in [-0.2, -0.15) is 0 Å². The van der Waals surface area contributed by atoms with E-state index in [1.54, 1.807) is 12.1 Å². The Hall–Kier alpha value is -2.70. The Labute approximate surface area is 167 Å². The summed E-state index contributed by atoms with van der Waals surface area (Å²) >= 11 is 1.51. The second-order valence-electron chi connectivity index (χ2n) is 7.21. The molecule has 1 fully saturated rings. The number of nitrogens with two attached hydrogens (primary N) is 1. The molecule has 144 valence electrons. The van der Waals surface area contributed by atoms with Gasteiger partial charge in [0, 0.05) is 16.8 Å². The molecule has 4 rings (SSSR count). The van der Waals surface area contributed by atoms with Gasteiger partial charge in [-0.05, 0) is 72.6 Å². The van der Waals surface area contributed by atoms with Crippen LogP contribution >= 0.6 is 11.3 Å². The molecule has 1 saturated heterocycles. The second kappa shape index (κ2) is 8.12. The first-order valence-corrected chi connectivity index (χ1v) is 10.3. The molecule has 0 radical (unpaired) electrons. The van der Waals surface area contributed by atoms with Crippen LogP contribution in [0.3, 0.4) is 0 Å². The van der Waals surface area contributed by atoms with Gasteiger partial charge in [0.25, 0.3) is 5.91 Å². The molecule has 1 aliphatic rings. The Morgan fingerprint density at radius 1 is 1.04 bits per heavy atom. The van der Waals surface area contributed by atoms with Crippen LogP contribution in [0.1, 0.15) is 32.9 Å². The van der Waals surface area contributed by atoms with E-state index in [-0.39, 0.29) is 5.91 Å². The van der Waals surface area contributed by atoms with Gasteiger partial charge in [-0.15, -0.1) is 11.3 Å². The van der Waals surface area contributed by atoms with Gasteiger partial charge in [-0.1, -0.05) is 24.3 Å². The molecule has 1 aromatic heterocycles. The minimum Gasteiger partial charge on any atom is -0.366 e. The van der Waals surface area contributed by atoms with Crippen molar-refractivity contribution < 1.29 is 9.59 Å². The largest absolute Gasteiger partial charge is 0.366 e. The summed E-state index contributed by atoms with van der Waals surface area (Å²) < 4.78 is 1.07. The molecule has 2 heterocycles. The molecule has 6 heteroatoms. The van der Waals surface area contributed by atoms with E-state index in [1.807, 2.05) is 30.3 Å². The van der Waals surface area contributed by atoms with Crippen LogP contribution in [-0.2, 0) is 0 Å². The number of carbonyl (C=O) groups excluding carboxylic acids is 2. The van der Waals surface area contributed by atoms with Crippen molar-refractivity contribution in [3.8, 4) is 11.1 Å². The zero-order valence-electron chi connectivity index (χ0n) is 15.5. The Bertz CT molecular complexity index is 1000. The maximum Gasteiger partial charge on any atom is 0.261 e. The summed E-state index contributed by atoms with van der Waals surface area (Å²) in [5, 5.41) is 7.50. The number of amides is 2. The quantitative estimate of drug-likeness (QED) is 0.621. The number of fused-ring (bicyclic) bond motifs is 1. The van der Waals surface area contributed by atoms with Crippen molar-refractivity contribution in [2.75, 3.05) is 19.6 Å². The predicted octanol–water partition coefficient (Wildman–Crippen LogP) is 3.40. The predicted molar refractivity (Wildman–Crippen MR) is 114 cm³/mol. The molecule has 4 N–H and O–H groups in total. The number of piperidine rings is 1. The summed E-state index contributed by atoms with van der Waals surface area (Å²) in [6.45, 7) is 2.81. The van der Waals surface area contributed by atoms with Gasteiger partial charge in [0.15, 0.2) is 0 Å². The van der Waals surface area contributed by atoms with Gasteiger partial charge in [0.1, 0.15) is 0 Å². The highest BCUT2D eigenvalue weighted by atomic mass is 32.1. The van der Waals surface area contributed by atoms with Crippen molar-refractivity contribution in [1.82, 2.24) is 10.6 Å². The lowest BCUT2D eigenvalue weighted by molar-refractivity contribution is 0.0947. The van der Waals surface area contributed by atoms with Crippen molar-refractivity contribution in [3.63, 3.8) is 0 Å². The number of hydrogen-bond donors (Lipinski definition) is 3. The second-order valence-corrected chi connectivity index (χ2v) is 8.29. The van der Waals surface area contributed by atoms with Gasteiger partial charge in [0.2, 0.25) is 5.91 Å². The number of nitrogens with one attached hydrogen (secondary N) is 2. The molecular weight excluding hydrogens is 370 g/mol. The fraction of sp³-hybridized carbons (Fsp3) is 0.273. The fourth-order valence-corrected chi connectivity index (χ4v) is 4.58. The van der Waals surface area contributed by atoms with Gasteiger partial charge in [-0.25, -0.2) is 0 Å². The molecule has 0 bridgehead atoms. The van der Waals surface area contributed by atoms with Crippen molar-refractivity contribution in [2.45, 2.75) is 12.8 Å². The number of thiophene rings is 1. The van der Waals surface area contributed by atoms with Gasteiger partial charge >= 0.3 is 0 Å². The number of benzene rings is 2. The minimum atomic E-state index is -0.430. The van der Waals surface area contributed by atoms with Crippen molar-refractivity contribution >= 4 is 33.2 Å². The number of hydrogen-bond acceptors (Lipinski definition) is 4. The number of carbonyl (C=O) groups is 2. The van der Waals surface area contributed by atoms with E-state index in [0.717, 1.165) is 58.6 Å². The highest BCUT2D eigenvalue weighted by Crippen LogP contribution is 2.30. The van der Waals surface area contributed by atoms with Gasteiger partial charge in [0.05, 0.1) is 4.88 Å². The maximum atomic E-state index is 12.6. The van der Waals surface area contributed by atoms with Gasteiger partial charge in [-0.3, -0.25) is 9.59 Å². The lowest BCUT2D eigenvalue weighted by Gasteiger charge is -2.22. The molecule has 1 aliphatic heterocycles. The average molecular weight is 394 g/mol. The van der Waals surface area contributed by atoms with Crippen LogP contribution in [-0.4, -0.2) is 31.4 Å². The molecule has 2 amide bonds. The Kier molecular flexibility index (Phi) is 5.41. The number of rotatable bonds is 5. The molecule has 2 aromatic carbocycles. The van der Waals surface area contributed by atoms with E-state index in [1.165, 1.54) is 11.3 Å². The first-order valence-electron chi connectivity index (χ1n) is 9.53. The molecule has 28 heavy (non-hydrogen) atoms. The molecule has 0 atom stereocenters. The van der Waals surface area contributed by atoms with E-state index in [9.17, 15) is 9.59 Å². The average Bonchev–Trinajstić information content (AvgIpc) is 3.16. The molecule has 0 unspecified atom stereocenters. The van der Waals surface area contributed by atoms with E-state index in [0.29, 0.717) is 11.5 Å². The van der Waals surface area contributed by atoms with Crippen molar-refractivity contribution in [1.29, 1.82) is 0 Å². The number of primary amides is 1. The van der Waals surface area contributed by atoms with Gasteiger partial charge < -0.3 is 16.4 Å². The monoisotopic (exact) mass is 393 g/mol. The highest BCUT2D eigenvalue weighted by molar-refractivity contribution is 7.20. The Morgan fingerprint density at radius 3 is 2.46 bits per heavy atom. The third-order valence-electron chi connectivity index (χ3n) is 5.26. The zero-order valence-corrected chi connectivity index (χ0v) is 16.4. The normalized spacial score (nSPS) is 14.9. The molecule has 3 aromatic rings. The zero-order chi connectivity index (χ0) is 19.5. The van der Waals surface area contributed by atoms with E-state index in [4.69, 9.17) is 5.73 Å². The fourth-order valence-electron chi connectivity index (χ4n) is 3.56. The summed E-state index contributed by atoms with van der Waals surface area (Å²) in [6.07, 6.45) is 2.23. The van der Waals surface area contributed by atoms with Crippen LogP contribution < -0.4 is 16.4 Å². The maximum absolute atomic E-state index is 12.6. The Balaban J connectivity index is 1.49. The summed E-state index contributed by atoms with van der Waals surface area (Å²) in [6, 6.07) is 15.4.